The van der Waals surface area contributed by atoms with E-state index >= 15 is 0 Å². The first-order chi connectivity index (χ1) is 11.1. The van der Waals surface area contributed by atoms with Gasteiger partial charge in [-0.25, -0.2) is 4.79 Å². The third kappa shape index (κ3) is 2.81. The number of phenolic OH excluding ortho intramolecular Hbond substituents is 1. The first-order valence-electron chi connectivity index (χ1n) is 7.24. The van der Waals surface area contributed by atoms with Crippen molar-refractivity contribution in [3.8, 4) is 5.75 Å². The first-order valence-corrected chi connectivity index (χ1v) is 7.24. The maximum absolute atomic E-state index is 12.3. The number of nitrogens with one attached hydrogen (secondary N) is 2. The molecule has 3 N–H and O–H groups in total. The summed E-state index contributed by atoms with van der Waals surface area (Å²) in [6, 6.07) is 14.7. The zero-order valence-corrected chi connectivity index (χ0v) is 12.5. The standard InChI is InChI=1S/C18H16N2O3/c1-11(21)15-16(12-7-3-2-4-8-12)19-18(23)20-17(15)13-9-5-6-10-14(13)22/h2-10,17,22H,1H3,(H2,19,20,23). The highest BCUT2D eigenvalue weighted by atomic mass is 16.3. The van der Waals surface area contributed by atoms with Gasteiger partial charge in [0, 0.05) is 11.1 Å². The Hall–Kier alpha value is -3.08. The number of amides is 2. The maximum atomic E-state index is 12.3. The molecule has 1 heterocycles. The molecular formula is C18H16N2O3. The lowest BCUT2D eigenvalue weighted by Gasteiger charge is -2.29. The van der Waals surface area contributed by atoms with Gasteiger partial charge in [0.05, 0.1) is 11.7 Å². The minimum absolute atomic E-state index is 0.0332. The molecule has 1 unspecified atom stereocenters. The van der Waals surface area contributed by atoms with Crippen LogP contribution in [0.15, 0.2) is 60.2 Å². The van der Waals surface area contributed by atoms with Crippen molar-refractivity contribution < 1.29 is 14.7 Å². The largest absolute Gasteiger partial charge is 0.508 e. The summed E-state index contributed by atoms with van der Waals surface area (Å²) < 4.78 is 0. The summed E-state index contributed by atoms with van der Waals surface area (Å²) in [5.74, 6) is -0.143. The predicted octanol–water partition coefficient (Wildman–Crippen LogP) is 2.75. The molecule has 2 amide bonds. The molecule has 0 fully saturated rings. The fraction of sp³-hybridized carbons (Fsp3) is 0.111. The summed E-state index contributed by atoms with van der Waals surface area (Å²) in [6.07, 6.45) is 0. The minimum atomic E-state index is -0.697. The molecule has 1 aliphatic heterocycles. The van der Waals surface area contributed by atoms with Crippen molar-refractivity contribution >= 4 is 17.5 Å². The van der Waals surface area contributed by atoms with E-state index in [2.05, 4.69) is 10.6 Å². The second-order valence-electron chi connectivity index (χ2n) is 5.30. The smallest absolute Gasteiger partial charge is 0.320 e. The van der Waals surface area contributed by atoms with Crippen LogP contribution in [0, 0.1) is 0 Å². The van der Waals surface area contributed by atoms with Crippen LogP contribution >= 0.6 is 0 Å². The van der Waals surface area contributed by atoms with Gasteiger partial charge in [-0.05, 0) is 18.6 Å². The third-order valence-electron chi connectivity index (χ3n) is 3.76. The Morgan fingerprint density at radius 1 is 1.04 bits per heavy atom. The Labute approximate surface area is 133 Å². The quantitative estimate of drug-likeness (QED) is 0.816. The van der Waals surface area contributed by atoms with Gasteiger partial charge in [-0.2, -0.15) is 0 Å². The molecule has 0 radical (unpaired) electrons. The topological polar surface area (TPSA) is 78.4 Å². The normalized spacial score (nSPS) is 17.4. The van der Waals surface area contributed by atoms with Gasteiger partial charge in [0.2, 0.25) is 0 Å². The van der Waals surface area contributed by atoms with Gasteiger partial charge in [-0.3, -0.25) is 4.79 Å². The van der Waals surface area contributed by atoms with Crippen molar-refractivity contribution in [2.75, 3.05) is 0 Å². The number of Topliss-reactive ketones (excluding diaryl/α,β-unsaturated/α-hetero) is 1. The molecule has 23 heavy (non-hydrogen) atoms. The molecule has 2 aromatic rings. The Kier molecular flexibility index (Phi) is 3.85. The summed E-state index contributed by atoms with van der Waals surface area (Å²) >= 11 is 0. The maximum Gasteiger partial charge on any atom is 0.320 e. The van der Waals surface area contributed by atoms with E-state index in [1.165, 1.54) is 13.0 Å². The monoisotopic (exact) mass is 308 g/mol. The summed E-state index contributed by atoms with van der Waals surface area (Å²) in [7, 11) is 0. The van der Waals surface area contributed by atoms with Crippen LogP contribution in [0.4, 0.5) is 4.79 Å². The number of hydrogen-bond acceptors (Lipinski definition) is 3. The van der Waals surface area contributed by atoms with Crippen molar-refractivity contribution in [2.24, 2.45) is 0 Å². The van der Waals surface area contributed by atoms with Gasteiger partial charge in [0.1, 0.15) is 5.75 Å². The molecule has 0 saturated carbocycles. The molecule has 5 nitrogen and oxygen atoms in total. The highest BCUT2D eigenvalue weighted by Gasteiger charge is 2.32. The van der Waals surface area contributed by atoms with Crippen molar-refractivity contribution in [3.05, 3.63) is 71.3 Å². The van der Waals surface area contributed by atoms with Crippen LogP contribution in [0.3, 0.4) is 0 Å². The molecule has 0 spiro atoms. The Morgan fingerprint density at radius 3 is 2.35 bits per heavy atom. The van der Waals surface area contributed by atoms with Crippen molar-refractivity contribution in [1.82, 2.24) is 10.6 Å². The fourth-order valence-corrected chi connectivity index (χ4v) is 2.74. The minimum Gasteiger partial charge on any atom is -0.508 e. The van der Waals surface area contributed by atoms with Crippen LogP contribution in [0.2, 0.25) is 0 Å². The van der Waals surface area contributed by atoms with E-state index in [1.807, 2.05) is 30.3 Å². The lowest BCUT2D eigenvalue weighted by Crippen LogP contribution is -2.44. The van der Waals surface area contributed by atoms with Crippen LogP contribution in [0.1, 0.15) is 24.1 Å². The van der Waals surface area contributed by atoms with Crippen LogP contribution < -0.4 is 10.6 Å². The number of ketones is 1. The fourth-order valence-electron chi connectivity index (χ4n) is 2.74. The number of benzene rings is 2. The van der Waals surface area contributed by atoms with E-state index in [0.29, 0.717) is 16.8 Å². The number of hydrogen-bond donors (Lipinski definition) is 3. The van der Waals surface area contributed by atoms with Crippen LogP contribution in [0.5, 0.6) is 5.75 Å². The number of rotatable bonds is 3. The number of urea groups is 1. The SMILES string of the molecule is CC(=O)C1=C(c2ccccc2)NC(=O)NC1c1ccccc1O. The van der Waals surface area contributed by atoms with E-state index in [4.69, 9.17) is 0 Å². The lowest BCUT2D eigenvalue weighted by atomic mass is 9.90. The highest BCUT2D eigenvalue weighted by Crippen LogP contribution is 2.35. The third-order valence-corrected chi connectivity index (χ3v) is 3.76. The van der Waals surface area contributed by atoms with Crippen molar-refractivity contribution in [2.45, 2.75) is 13.0 Å². The number of phenols is 1. The molecule has 1 atom stereocenters. The van der Waals surface area contributed by atoms with Gasteiger partial charge in [0.15, 0.2) is 5.78 Å². The molecular weight excluding hydrogens is 292 g/mol. The summed E-state index contributed by atoms with van der Waals surface area (Å²) in [5.41, 5.74) is 2.11. The van der Waals surface area contributed by atoms with Gasteiger partial charge in [0.25, 0.3) is 0 Å². The van der Waals surface area contributed by atoms with E-state index in [1.54, 1.807) is 18.2 Å². The molecule has 0 bridgehead atoms. The molecule has 1 aliphatic rings. The highest BCUT2D eigenvalue weighted by molar-refractivity contribution is 6.07. The Morgan fingerprint density at radius 2 is 1.70 bits per heavy atom. The zero-order valence-electron chi connectivity index (χ0n) is 12.5. The average Bonchev–Trinajstić information content (AvgIpc) is 2.55. The van der Waals surface area contributed by atoms with E-state index < -0.39 is 12.1 Å². The molecule has 3 rings (SSSR count). The summed E-state index contributed by atoms with van der Waals surface area (Å²) in [5, 5.41) is 15.5. The first kappa shape index (κ1) is 14.8. The Balaban J connectivity index is 2.21. The summed E-state index contributed by atoms with van der Waals surface area (Å²) in [6.45, 7) is 1.45. The molecule has 0 aromatic heterocycles. The molecule has 0 saturated heterocycles. The second kappa shape index (κ2) is 5.96. The van der Waals surface area contributed by atoms with Gasteiger partial charge in [-0.15, -0.1) is 0 Å². The number of aromatic hydroxyl groups is 1. The molecule has 0 aliphatic carbocycles. The van der Waals surface area contributed by atoms with Crippen LogP contribution in [-0.2, 0) is 4.79 Å². The van der Waals surface area contributed by atoms with Gasteiger partial charge >= 0.3 is 6.03 Å². The molecule has 5 heteroatoms. The van der Waals surface area contributed by atoms with E-state index in [9.17, 15) is 14.7 Å². The van der Waals surface area contributed by atoms with Crippen LogP contribution in [-0.4, -0.2) is 16.9 Å². The van der Waals surface area contributed by atoms with Crippen molar-refractivity contribution in [3.63, 3.8) is 0 Å². The second-order valence-corrected chi connectivity index (χ2v) is 5.30. The Bertz CT molecular complexity index is 797. The predicted molar refractivity (Wildman–Crippen MR) is 86.6 cm³/mol. The molecule has 2 aromatic carbocycles. The van der Waals surface area contributed by atoms with Crippen LogP contribution in [0.25, 0.3) is 5.70 Å². The van der Waals surface area contributed by atoms with Gasteiger partial charge < -0.3 is 15.7 Å². The number of para-hydroxylation sites is 1. The summed E-state index contributed by atoms with van der Waals surface area (Å²) in [4.78, 5) is 24.3. The lowest BCUT2D eigenvalue weighted by molar-refractivity contribution is -0.113. The van der Waals surface area contributed by atoms with E-state index in [-0.39, 0.29) is 11.5 Å². The van der Waals surface area contributed by atoms with Crippen molar-refractivity contribution in [1.29, 1.82) is 0 Å². The number of carbonyl (C=O) groups excluding carboxylic acids is 2. The number of carbonyl (C=O) groups is 2. The molecule has 116 valence electrons. The van der Waals surface area contributed by atoms with E-state index in [0.717, 1.165) is 5.56 Å². The zero-order chi connectivity index (χ0) is 16.4. The van der Waals surface area contributed by atoms with Gasteiger partial charge in [-0.1, -0.05) is 48.5 Å². The average molecular weight is 308 g/mol.